The molecule has 1 aliphatic heterocycles. The molecule has 1 unspecified atom stereocenters. The molecule has 0 saturated carbocycles. The molecule has 2 rings (SSSR count). The summed E-state index contributed by atoms with van der Waals surface area (Å²) >= 11 is 0. The first-order chi connectivity index (χ1) is 7.61. The standard InChI is InChI=1S/C10H13NO4S/c12-6-9-5-11-15-10(9)4-8-2-1-3-16(13,14)7-8/h5-6,8H,1-4,7H2. The monoisotopic (exact) mass is 243 g/mol. The third-order valence-corrected chi connectivity index (χ3v) is 4.73. The van der Waals surface area contributed by atoms with E-state index in [2.05, 4.69) is 5.16 Å². The summed E-state index contributed by atoms with van der Waals surface area (Å²) in [4.78, 5) is 10.6. The van der Waals surface area contributed by atoms with Gasteiger partial charge in [0.25, 0.3) is 0 Å². The summed E-state index contributed by atoms with van der Waals surface area (Å²) in [7, 11) is -2.91. The van der Waals surface area contributed by atoms with Crippen molar-refractivity contribution in [2.75, 3.05) is 11.5 Å². The molecule has 5 nitrogen and oxygen atoms in total. The third-order valence-electron chi connectivity index (χ3n) is 2.84. The lowest BCUT2D eigenvalue weighted by atomic mass is 9.99. The molecule has 1 fully saturated rings. The van der Waals surface area contributed by atoms with Crippen LogP contribution in [-0.2, 0) is 16.3 Å². The number of rotatable bonds is 3. The Hall–Kier alpha value is -1.17. The Morgan fingerprint density at radius 2 is 2.38 bits per heavy atom. The maximum absolute atomic E-state index is 11.4. The number of hydrogen-bond donors (Lipinski definition) is 0. The number of aromatic nitrogens is 1. The van der Waals surface area contributed by atoms with E-state index < -0.39 is 9.84 Å². The maximum atomic E-state index is 11.4. The zero-order valence-electron chi connectivity index (χ0n) is 8.76. The number of sulfone groups is 1. The minimum Gasteiger partial charge on any atom is -0.361 e. The normalized spacial score (nSPS) is 24.1. The highest BCUT2D eigenvalue weighted by Crippen LogP contribution is 2.23. The van der Waals surface area contributed by atoms with Crippen LogP contribution in [0.2, 0.25) is 0 Å². The highest BCUT2D eigenvalue weighted by Gasteiger charge is 2.26. The van der Waals surface area contributed by atoms with E-state index in [1.54, 1.807) is 0 Å². The van der Waals surface area contributed by atoms with Gasteiger partial charge in [-0.15, -0.1) is 0 Å². The molecule has 6 heteroatoms. The van der Waals surface area contributed by atoms with E-state index in [0.717, 1.165) is 6.42 Å². The Balaban J connectivity index is 2.07. The molecule has 0 spiro atoms. The van der Waals surface area contributed by atoms with Gasteiger partial charge >= 0.3 is 0 Å². The number of aldehydes is 1. The highest BCUT2D eigenvalue weighted by atomic mass is 32.2. The summed E-state index contributed by atoms with van der Waals surface area (Å²) in [5.74, 6) is 1.01. The lowest BCUT2D eigenvalue weighted by molar-refractivity contribution is 0.112. The van der Waals surface area contributed by atoms with Gasteiger partial charge in [0.2, 0.25) is 0 Å². The summed E-state index contributed by atoms with van der Waals surface area (Å²) in [5, 5.41) is 3.54. The molecule has 16 heavy (non-hydrogen) atoms. The Kier molecular flexibility index (Phi) is 3.09. The Labute approximate surface area is 93.7 Å². The predicted octanol–water partition coefficient (Wildman–Crippen LogP) is 0.854. The fourth-order valence-electron chi connectivity index (χ4n) is 2.06. The zero-order valence-corrected chi connectivity index (χ0v) is 9.57. The summed E-state index contributed by atoms with van der Waals surface area (Å²) in [6, 6.07) is 0. The van der Waals surface area contributed by atoms with Crippen LogP contribution in [0.4, 0.5) is 0 Å². The third kappa shape index (κ3) is 2.49. The van der Waals surface area contributed by atoms with Crippen molar-refractivity contribution < 1.29 is 17.7 Å². The molecule has 0 aliphatic carbocycles. The van der Waals surface area contributed by atoms with Gasteiger partial charge < -0.3 is 4.52 Å². The summed E-state index contributed by atoms with van der Waals surface area (Å²) < 4.78 is 27.8. The van der Waals surface area contributed by atoms with Crippen molar-refractivity contribution in [2.45, 2.75) is 19.3 Å². The van der Waals surface area contributed by atoms with Crippen LogP contribution in [0.5, 0.6) is 0 Å². The minimum atomic E-state index is -2.91. The zero-order chi connectivity index (χ0) is 11.6. The second kappa shape index (κ2) is 4.37. The van der Waals surface area contributed by atoms with Crippen LogP contribution in [0.1, 0.15) is 29.0 Å². The van der Waals surface area contributed by atoms with Crippen molar-refractivity contribution in [1.82, 2.24) is 5.16 Å². The molecular weight excluding hydrogens is 230 g/mol. The van der Waals surface area contributed by atoms with Crippen LogP contribution in [0.15, 0.2) is 10.7 Å². The molecule has 1 saturated heterocycles. The van der Waals surface area contributed by atoms with Crippen LogP contribution in [-0.4, -0.2) is 31.4 Å². The molecule has 88 valence electrons. The number of nitrogens with zero attached hydrogens (tertiary/aromatic N) is 1. The quantitative estimate of drug-likeness (QED) is 0.736. The summed E-state index contributed by atoms with van der Waals surface area (Å²) in [6.45, 7) is 0. The molecule has 2 heterocycles. The van der Waals surface area contributed by atoms with Crippen molar-refractivity contribution in [1.29, 1.82) is 0 Å². The molecular formula is C10H13NO4S. The molecule has 1 aromatic rings. The molecule has 1 aromatic heterocycles. The van der Waals surface area contributed by atoms with Gasteiger partial charge in [-0.3, -0.25) is 4.79 Å². The molecule has 0 N–H and O–H groups in total. The van der Waals surface area contributed by atoms with E-state index in [-0.39, 0.29) is 17.4 Å². The fourth-order valence-corrected chi connectivity index (χ4v) is 3.84. The van der Waals surface area contributed by atoms with E-state index in [1.807, 2.05) is 0 Å². The van der Waals surface area contributed by atoms with Crippen molar-refractivity contribution >= 4 is 16.1 Å². The first-order valence-electron chi connectivity index (χ1n) is 5.20. The number of hydrogen-bond acceptors (Lipinski definition) is 5. The first kappa shape index (κ1) is 11.3. The van der Waals surface area contributed by atoms with E-state index in [9.17, 15) is 13.2 Å². The van der Waals surface area contributed by atoms with Gasteiger partial charge in [-0.25, -0.2) is 8.42 Å². The topological polar surface area (TPSA) is 77.2 Å². The largest absolute Gasteiger partial charge is 0.361 e. The number of carbonyl (C=O) groups excluding carboxylic acids is 1. The van der Waals surface area contributed by atoms with E-state index in [1.165, 1.54) is 6.20 Å². The second-order valence-corrected chi connectivity index (χ2v) is 6.38. The van der Waals surface area contributed by atoms with Crippen LogP contribution in [0, 0.1) is 5.92 Å². The average molecular weight is 243 g/mol. The SMILES string of the molecule is O=Cc1cnoc1CC1CCCS(=O)(=O)C1. The number of carbonyl (C=O) groups is 1. The van der Waals surface area contributed by atoms with Gasteiger partial charge in [-0.1, -0.05) is 5.16 Å². The average Bonchev–Trinajstić information content (AvgIpc) is 2.63. The van der Waals surface area contributed by atoms with Gasteiger partial charge in [0, 0.05) is 6.42 Å². The van der Waals surface area contributed by atoms with Gasteiger partial charge in [-0.05, 0) is 18.8 Å². The van der Waals surface area contributed by atoms with Gasteiger partial charge in [0.05, 0.1) is 23.3 Å². The lowest BCUT2D eigenvalue weighted by Crippen LogP contribution is -2.26. The Morgan fingerprint density at radius 3 is 3.06 bits per heavy atom. The van der Waals surface area contributed by atoms with Crippen LogP contribution < -0.4 is 0 Å². The Bertz CT molecular complexity index is 477. The molecule has 0 aromatic carbocycles. The molecule has 0 radical (unpaired) electrons. The fraction of sp³-hybridized carbons (Fsp3) is 0.600. The lowest BCUT2D eigenvalue weighted by Gasteiger charge is -2.20. The molecule has 0 bridgehead atoms. The van der Waals surface area contributed by atoms with Crippen LogP contribution in [0.25, 0.3) is 0 Å². The summed E-state index contributed by atoms with van der Waals surface area (Å²) in [6.07, 6.45) is 4.08. The summed E-state index contributed by atoms with van der Waals surface area (Å²) in [5.41, 5.74) is 0.419. The Morgan fingerprint density at radius 1 is 1.56 bits per heavy atom. The van der Waals surface area contributed by atoms with Crippen molar-refractivity contribution in [2.24, 2.45) is 5.92 Å². The van der Waals surface area contributed by atoms with Crippen LogP contribution in [0.3, 0.4) is 0 Å². The van der Waals surface area contributed by atoms with Crippen LogP contribution >= 0.6 is 0 Å². The van der Waals surface area contributed by atoms with Gasteiger partial charge in [-0.2, -0.15) is 0 Å². The first-order valence-corrected chi connectivity index (χ1v) is 7.02. The molecule has 0 amide bonds. The highest BCUT2D eigenvalue weighted by molar-refractivity contribution is 7.91. The van der Waals surface area contributed by atoms with E-state index in [0.29, 0.717) is 30.5 Å². The molecule has 1 aliphatic rings. The van der Waals surface area contributed by atoms with Crippen molar-refractivity contribution in [3.05, 3.63) is 17.5 Å². The predicted molar refractivity (Wildman–Crippen MR) is 57.0 cm³/mol. The van der Waals surface area contributed by atoms with E-state index >= 15 is 0 Å². The van der Waals surface area contributed by atoms with E-state index in [4.69, 9.17) is 4.52 Å². The van der Waals surface area contributed by atoms with Gasteiger partial charge in [0.15, 0.2) is 16.1 Å². The van der Waals surface area contributed by atoms with Gasteiger partial charge in [0.1, 0.15) is 5.76 Å². The molecule has 1 atom stereocenters. The minimum absolute atomic E-state index is 0.0467. The second-order valence-electron chi connectivity index (χ2n) is 4.15. The maximum Gasteiger partial charge on any atom is 0.155 e. The smallest absolute Gasteiger partial charge is 0.155 e. The van der Waals surface area contributed by atoms with Crippen molar-refractivity contribution in [3.63, 3.8) is 0 Å². The van der Waals surface area contributed by atoms with Crippen molar-refractivity contribution in [3.8, 4) is 0 Å².